The van der Waals surface area contributed by atoms with E-state index >= 15 is 0 Å². The molecule has 0 radical (unpaired) electrons. The topological polar surface area (TPSA) is 65.0 Å². The first-order chi connectivity index (χ1) is 27.7. The fourth-order valence-corrected chi connectivity index (χ4v) is 7.89. The number of rotatable bonds is 6. The number of nitrogens with zero attached hydrogens (tertiary/aromatic N) is 3. The van der Waals surface area contributed by atoms with Gasteiger partial charge in [0.2, 0.25) is 0 Å². The van der Waals surface area contributed by atoms with Gasteiger partial charge in [0.1, 0.15) is 22.3 Å². The van der Waals surface area contributed by atoms with E-state index in [2.05, 4.69) is 132 Å². The minimum Gasteiger partial charge on any atom is -0.455 e. The molecular weight excluding hydrogens is 687 g/mol. The van der Waals surface area contributed by atoms with Gasteiger partial charge in [0.15, 0.2) is 5.82 Å². The van der Waals surface area contributed by atoms with Gasteiger partial charge in [-0.1, -0.05) is 146 Å². The predicted molar refractivity (Wildman–Crippen MR) is 227 cm³/mol. The first-order valence-corrected chi connectivity index (χ1v) is 18.7. The second-order valence-electron chi connectivity index (χ2n) is 14.0. The van der Waals surface area contributed by atoms with Crippen molar-refractivity contribution in [3.8, 4) is 67.3 Å². The van der Waals surface area contributed by atoms with E-state index in [1.807, 2.05) is 54.7 Å². The highest BCUT2D eigenvalue weighted by atomic mass is 16.3. The number of hydrogen-bond acceptors (Lipinski definition) is 5. The van der Waals surface area contributed by atoms with Crippen LogP contribution in [0.1, 0.15) is 0 Å². The molecule has 0 unspecified atom stereocenters. The van der Waals surface area contributed by atoms with Crippen molar-refractivity contribution >= 4 is 43.9 Å². The van der Waals surface area contributed by atoms with Crippen molar-refractivity contribution in [3.05, 3.63) is 188 Å². The lowest BCUT2D eigenvalue weighted by atomic mass is 9.94. The quantitative estimate of drug-likeness (QED) is 0.171. The van der Waals surface area contributed by atoms with E-state index in [1.54, 1.807) is 6.20 Å². The van der Waals surface area contributed by atoms with Gasteiger partial charge in [0.05, 0.1) is 11.4 Å². The van der Waals surface area contributed by atoms with Gasteiger partial charge >= 0.3 is 0 Å². The first-order valence-electron chi connectivity index (χ1n) is 18.7. The Morgan fingerprint density at radius 2 is 0.946 bits per heavy atom. The maximum Gasteiger partial charge on any atom is 0.160 e. The summed E-state index contributed by atoms with van der Waals surface area (Å²) in [4.78, 5) is 14.7. The summed E-state index contributed by atoms with van der Waals surface area (Å²) in [7, 11) is 0. The molecule has 0 aliphatic heterocycles. The Hall–Kier alpha value is -7.63. The van der Waals surface area contributed by atoms with Crippen molar-refractivity contribution in [3.63, 3.8) is 0 Å². The SMILES string of the molecule is c1ccc(-c2cc(-c3ccc(-c4cccc5c4oc4ccccc45)c4c3oc3ccccc34)nc(-c3ccc(-c4ccc(-c5cccnc5)cc4)cc3)n2)cc1. The summed E-state index contributed by atoms with van der Waals surface area (Å²) in [5.74, 6) is 0.639. The van der Waals surface area contributed by atoms with E-state index in [9.17, 15) is 0 Å². The van der Waals surface area contributed by atoms with Crippen LogP contribution in [0.4, 0.5) is 0 Å². The van der Waals surface area contributed by atoms with Gasteiger partial charge in [-0.2, -0.15) is 0 Å². The summed E-state index contributed by atoms with van der Waals surface area (Å²) in [5, 5.41) is 4.24. The number of furan rings is 2. The monoisotopic (exact) mass is 717 g/mol. The molecule has 262 valence electrons. The van der Waals surface area contributed by atoms with Crippen LogP contribution in [0.5, 0.6) is 0 Å². The molecule has 0 amide bonds. The third kappa shape index (κ3) is 5.37. The van der Waals surface area contributed by atoms with Gasteiger partial charge in [-0.15, -0.1) is 0 Å². The van der Waals surface area contributed by atoms with Crippen molar-refractivity contribution in [2.45, 2.75) is 0 Å². The summed E-state index contributed by atoms with van der Waals surface area (Å²) in [6.45, 7) is 0. The van der Waals surface area contributed by atoms with Crippen LogP contribution in [-0.2, 0) is 0 Å². The number of hydrogen-bond donors (Lipinski definition) is 0. The lowest BCUT2D eigenvalue weighted by Crippen LogP contribution is -1.96. The van der Waals surface area contributed by atoms with Crippen LogP contribution < -0.4 is 0 Å². The van der Waals surface area contributed by atoms with Crippen molar-refractivity contribution < 1.29 is 8.83 Å². The maximum atomic E-state index is 6.77. The van der Waals surface area contributed by atoms with Gasteiger partial charge in [-0.05, 0) is 58.1 Å². The molecule has 0 saturated heterocycles. The highest BCUT2D eigenvalue weighted by Gasteiger charge is 2.22. The second kappa shape index (κ2) is 13.0. The van der Waals surface area contributed by atoms with Crippen LogP contribution in [0, 0.1) is 0 Å². The Bertz CT molecular complexity index is 3220. The number of pyridine rings is 1. The molecule has 5 nitrogen and oxygen atoms in total. The lowest BCUT2D eigenvalue weighted by Gasteiger charge is -2.12. The molecule has 0 saturated carbocycles. The summed E-state index contributed by atoms with van der Waals surface area (Å²) in [6.07, 6.45) is 3.68. The normalized spacial score (nSPS) is 11.6. The molecule has 0 atom stereocenters. The zero-order valence-electron chi connectivity index (χ0n) is 30.1. The van der Waals surface area contributed by atoms with E-state index in [4.69, 9.17) is 18.8 Å². The molecule has 11 aromatic rings. The Morgan fingerprint density at radius 1 is 0.357 bits per heavy atom. The molecule has 0 aliphatic rings. The molecule has 5 heteroatoms. The minimum atomic E-state index is 0.639. The molecule has 0 N–H and O–H groups in total. The molecule has 0 fully saturated rings. The number of fused-ring (bicyclic) bond motifs is 6. The largest absolute Gasteiger partial charge is 0.455 e. The molecule has 0 spiro atoms. The Kier molecular flexibility index (Phi) is 7.42. The van der Waals surface area contributed by atoms with E-state index in [0.29, 0.717) is 5.82 Å². The number of para-hydroxylation sites is 3. The zero-order chi connectivity index (χ0) is 37.0. The standard InChI is InChI=1S/C51H31N3O2/c1-2-10-35(11-3-1)44-30-45(54-51(53-44)36-25-23-33(24-26-36)32-19-21-34(22-20-32)37-12-9-29-52-31-37)42-28-27-39(48-43-14-5-7-18-47(43)56-50(42)48)41-16-8-15-40-38-13-4-6-17-46(38)55-49(40)41/h1-31H. The van der Waals surface area contributed by atoms with Gasteiger partial charge in [-0.25, -0.2) is 9.97 Å². The summed E-state index contributed by atoms with van der Waals surface area (Å²) in [6, 6.07) is 60.5. The van der Waals surface area contributed by atoms with Gasteiger partial charge < -0.3 is 8.83 Å². The van der Waals surface area contributed by atoms with Crippen LogP contribution in [0.3, 0.4) is 0 Å². The van der Waals surface area contributed by atoms with E-state index in [1.165, 1.54) is 0 Å². The Balaban J connectivity index is 1.06. The molecule has 11 rings (SSSR count). The highest BCUT2D eigenvalue weighted by molar-refractivity contribution is 6.19. The zero-order valence-corrected chi connectivity index (χ0v) is 30.1. The lowest BCUT2D eigenvalue weighted by molar-refractivity contribution is 0.669. The van der Waals surface area contributed by atoms with Gasteiger partial charge in [0.25, 0.3) is 0 Å². The van der Waals surface area contributed by atoms with Gasteiger partial charge in [-0.3, -0.25) is 4.98 Å². The maximum absolute atomic E-state index is 6.77. The average Bonchev–Trinajstić information content (AvgIpc) is 3.86. The van der Waals surface area contributed by atoms with Crippen LogP contribution in [0.15, 0.2) is 197 Å². The second-order valence-corrected chi connectivity index (χ2v) is 14.0. The van der Waals surface area contributed by atoms with Crippen LogP contribution in [0.2, 0.25) is 0 Å². The molecule has 0 aliphatic carbocycles. The van der Waals surface area contributed by atoms with Crippen molar-refractivity contribution in [2.24, 2.45) is 0 Å². The van der Waals surface area contributed by atoms with Crippen LogP contribution in [0.25, 0.3) is 111 Å². The van der Waals surface area contributed by atoms with Crippen molar-refractivity contribution in [1.82, 2.24) is 15.0 Å². The predicted octanol–water partition coefficient (Wildman–Crippen LogP) is 13.7. The molecule has 56 heavy (non-hydrogen) atoms. The molecule has 4 aromatic heterocycles. The van der Waals surface area contributed by atoms with Crippen LogP contribution in [-0.4, -0.2) is 15.0 Å². The van der Waals surface area contributed by atoms with E-state index in [-0.39, 0.29) is 0 Å². The fraction of sp³-hybridized carbons (Fsp3) is 0. The summed E-state index contributed by atoms with van der Waals surface area (Å²) < 4.78 is 13.3. The molecule has 0 bridgehead atoms. The minimum absolute atomic E-state index is 0.639. The van der Waals surface area contributed by atoms with E-state index in [0.717, 1.165) is 105 Å². The van der Waals surface area contributed by atoms with Gasteiger partial charge in [0, 0.05) is 56.2 Å². The number of benzene rings is 7. The third-order valence-corrected chi connectivity index (χ3v) is 10.6. The summed E-state index contributed by atoms with van der Waals surface area (Å²) >= 11 is 0. The third-order valence-electron chi connectivity index (χ3n) is 10.6. The Labute approximate surface area is 322 Å². The van der Waals surface area contributed by atoms with Crippen LogP contribution >= 0.6 is 0 Å². The fourth-order valence-electron chi connectivity index (χ4n) is 7.89. The van der Waals surface area contributed by atoms with E-state index < -0.39 is 0 Å². The van der Waals surface area contributed by atoms with Crippen molar-refractivity contribution in [2.75, 3.05) is 0 Å². The smallest absolute Gasteiger partial charge is 0.160 e. The average molecular weight is 718 g/mol. The molecule has 7 aromatic carbocycles. The van der Waals surface area contributed by atoms with Crippen molar-refractivity contribution in [1.29, 1.82) is 0 Å². The molecular formula is C51H31N3O2. The molecule has 4 heterocycles. The first kappa shape index (κ1) is 31.9. The number of aromatic nitrogens is 3. The highest BCUT2D eigenvalue weighted by Crippen LogP contribution is 2.45. The Morgan fingerprint density at radius 3 is 1.70 bits per heavy atom. The summed E-state index contributed by atoms with van der Waals surface area (Å²) in [5.41, 5.74) is 14.3.